The molecule has 1 atom stereocenters. The van der Waals surface area contributed by atoms with E-state index in [0.29, 0.717) is 0 Å². The summed E-state index contributed by atoms with van der Waals surface area (Å²) in [7, 11) is -3.94. The van der Waals surface area contributed by atoms with Crippen LogP contribution in [-0.2, 0) is 21.0 Å². The minimum Gasteiger partial charge on any atom is -0.295 e. The summed E-state index contributed by atoms with van der Waals surface area (Å²) in [6.07, 6.45) is -5.07. The molecule has 1 aromatic heterocycles. The van der Waals surface area contributed by atoms with Crippen LogP contribution in [0.4, 0.5) is 19.0 Å². The first-order valence-corrected chi connectivity index (χ1v) is 7.96. The molecule has 1 fully saturated rings. The lowest BCUT2D eigenvalue weighted by molar-refractivity contribution is -0.141. The quantitative estimate of drug-likeness (QED) is 0.826. The van der Waals surface area contributed by atoms with Gasteiger partial charge in [-0.1, -0.05) is 0 Å². The number of alkyl halides is 3. The first-order chi connectivity index (χ1) is 9.50. The predicted molar refractivity (Wildman–Crippen MR) is 70.8 cm³/mol. The van der Waals surface area contributed by atoms with Crippen LogP contribution in [0.5, 0.6) is 0 Å². The number of amides is 1. The fraction of sp³-hybridized carbons (Fsp3) is 0.400. The van der Waals surface area contributed by atoms with Gasteiger partial charge in [-0.25, -0.2) is 18.5 Å². The van der Waals surface area contributed by atoms with Crippen LogP contribution in [0.1, 0.15) is 12.1 Å². The summed E-state index contributed by atoms with van der Waals surface area (Å²) in [5, 5.41) is 3.80. The molecule has 0 bridgehead atoms. The van der Waals surface area contributed by atoms with E-state index in [0.717, 1.165) is 11.0 Å². The maximum absolute atomic E-state index is 12.8. The number of rotatable bonds is 2. The normalized spacial score (nSPS) is 20.1. The number of nitrogens with two attached hydrogens (primary N) is 1. The molecule has 21 heavy (non-hydrogen) atoms. The van der Waals surface area contributed by atoms with Crippen molar-refractivity contribution in [3.05, 3.63) is 22.3 Å². The van der Waals surface area contributed by atoms with E-state index in [1.54, 1.807) is 0 Å². The molecule has 0 saturated carbocycles. The lowest BCUT2D eigenvalue weighted by atomic mass is 10.3. The number of hydrogen-bond acceptors (Lipinski definition) is 4. The van der Waals surface area contributed by atoms with Crippen LogP contribution < -0.4 is 10.0 Å². The van der Waals surface area contributed by atoms with Gasteiger partial charge >= 0.3 is 6.18 Å². The Hall–Kier alpha value is -1.20. The Morgan fingerprint density at radius 3 is 2.48 bits per heavy atom. The smallest absolute Gasteiger partial charge is 0.295 e. The Kier molecular flexibility index (Phi) is 4.02. The third-order valence-corrected chi connectivity index (χ3v) is 4.82. The molecule has 116 valence electrons. The van der Waals surface area contributed by atoms with Crippen molar-refractivity contribution in [3.63, 3.8) is 0 Å². The van der Waals surface area contributed by atoms with E-state index in [-0.39, 0.29) is 23.3 Å². The van der Waals surface area contributed by atoms with E-state index in [4.69, 9.17) is 5.14 Å². The Morgan fingerprint density at radius 2 is 2.00 bits per heavy atom. The van der Waals surface area contributed by atoms with Crippen LogP contribution in [0, 0.1) is 0 Å². The largest absolute Gasteiger partial charge is 0.434 e. The molecule has 0 spiro atoms. The second-order valence-electron chi connectivity index (χ2n) is 4.42. The highest BCUT2D eigenvalue weighted by Gasteiger charge is 2.40. The molecule has 0 aliphatic carbocycles. The van der Waals surface area contributed by atoms with Gasteiger partial charge in [0.2, 0.25) is 15.9 Å². The number of carbonyl (C=O) groups excluding carboxylic acids is 1. The monoisotopic (exact) mass is 387 g/mol. The summed E-state index contributed by atoms with van der Waals surface area (Å²) >= 11 is 2.73. The average molecular weight is 388 g/mol. The van der Waals surface area contributed by atoms with Gasteiger partial charge in [0.05, 0.1) is 0 Å². The molecule has 1 aliphatic heterocycles. The van der Waals surface area contributed by atoms with Crippen LogP contribution in [0.25, 0.3) is 0 Å². The van der Waals surface area contributed by atoms with Gasteiger partial charge in [-0.15, -0.1) is 0 Å². The van der Waals surface area contributed by atoms with Crippen molar-refractivity contribution in [2.45, 2.75) is 17.8 Å². The highest BCUT2D eigenvalue weighted by Crippen LogP contribution is 2.35. The highest BCUT2D eigenvalue weighted by molar-refractivity contribution is 9.10. The Balaban J connectivity index is 2.38. The number of primary sulfonamides is 1. The standard InChI is InChI=1S/C10H9BrF3N3O3S/c11-6-1-2-7(16-9(6)10(12,13)14)17-4-5(3-8(17)18)21(15,19)20/h1-2,5H,3-4H2,(H2,15,19,20). The zero-order valence-electron chi connectivity index (χ0n) is 10.3. The predicted octanol–water partition coefficient (Wildman–Crippen LogP) is 1.26. The highest BCUT2D eigenvalue weighted by atomic mass is 79.9. The van der Waals surface area contributed by atoms with Crippen molar-refractivity contribution < 1.29 is 26.4 Å². The molecule has 0 aromatic carbocycles. The summed E-state index contributed by atoms with van der Waals surface area (Å²) in [4.78, 5) is 16.0. The van der Waals surface area contributed by atoms with Gasteiger partial charge in [0.25, 0.3) is 0 Å². The third-order valence-electron chi connectivity index (χ3n) is 2.93. The van der Waals surface area contributed by atoms with E-state index < -0.39 is 33.1 Å². The van der Waals surface area contributed by atoms with E-state index in [2.05, 4.69) is 20.9 Å². The molecule has 1 aliphatic rings. The lowest BCUT2D eigenvalue weighted by Gasteiger charge is -2.17. The zero-order chi connectivity index (χ0) is 16.0. The van der Waals surface area contributed by atoms with Crippen LogP contribution in [0.15, 0.2) is 16.6 Å². The maximum Gasteiger partial charge on any atom is 0.434 e. The molecule has 1 amide bonds. The number of aromatic nitrogens is 1. The molecule has 2 heterocycles. The maximum atomic E-state index is 12.8. The third kappa shape index (κ3) is 3.35. The van der Waals surface area contributed by atoms with Crippen LogP contribution >= 0.6 is 15.9 Å². The molecule has 6 nitrogen and oxygen atoms in total. The van der Waals surface area contributed by atoms with Gasteiger partial charge in [-0.2, -0.15) is 13.2 Å². The SMILES string of the molecule is NS(=O)(=O)C1CC(=O)N(c2ccc(Br)c(C(F)(F)F)n2)C1. The number of nitrogens with zero attached hydrogens (tertiary/aromatic N) is 2. The van der Waals surface area contributed by atoms with Gasteiger partial charge in [0.1, 0.15) is 11.1 Å². The Labute approximate surface area is 126 Å². The molecule has 1 unspecified atom stereocenters. The summed E-state index contributed by atoms with van der Waals surface area (Å²) in [5.41, 5.74) is -1.19. The molecular weight excluding hydrogens is 379 g/mol. The van der Waals surface area contributed by atoms with Crippen LogP contribution in [-0.4, -0.2) is 31.1 Å². The Bertz CT molecular complexity index is 693. The molecular formula is C10H9BrF3N3O3S. The summed E-state index contributed by atoms with van der Waals surface area (Å²) in [6, 6.07) is 2.30. The van der Waals surface area contributed by atoms with Gasteiger partial charge in [0.15, 0.2) is 5.69 Å². The number of sulfonamides is 1. The first-order valence-electron chi connectivity index (χ1n) is 5.56. The van der Waals surface area contributed by atoms with E-state index in [9.17, 15) is 26.4 Å². The number of carbonyl (C=O) groups is 1. The molecule has 1 saturated heterocycles. The van der Waals surface area contributed by atoms with E-state index in [1.807, 2.05) is 0 Å². The summed E-state index contributed by atoms with van der Waals surface area (Å²) < 4.78 is 60.5. The van der Waals surface area contributed by atoms with Gasteiger partial charge in [-0.3, -0.25) is 9.69 Å². The van der Waals surface area contributed by atoms with Crippen molar-refractivity contribution >= 4 is 37.7 Å². The molecule has 11 heteroatoms. The molecule has 0 radical (unpaired) electrons. The second kappa shape index (κ2) is 5.21. The van der Waals surface area contributed by atoms with Crippen molar-refractivity contribution in [2.24, 2.45) is 5.14 Å². The number of halogens is 4. The van der Waals surface area contributed by atoms with Gasteiger partial charge in [-0.05, 0) is 28.1 Å². The van der Waals surface area contributed by atoms with Crippen molar-refractivity contribution in [1.82, 2.24) is 4.98 Å². The summed E-state index contributed by atoms with van der Waals surface area (Å²) in [6.45, 7) is -0.316. The molecule has 1 aromatic rings. The number of anilines is 1. The average Bonchev–Trinajstić information content (AvgIpc) is 2.70. The minimum atomic E-state index is -4.70. The van der Waals surface area contributed by atoms with Gasteiger partial charge in [0, 0.05) is 17.4 Å². The van der Waals surface area contributed by atoms with Crippen molar-refractivity contribution in [3.8, 4) is 0 Å². The minimum absolute atomic E-state index is 0.262. The summed E-state index contributed by atoms with van der Waals surface area (Å²) in [5.74, 6) is -0.904. The van der Waals surface area contributed by atoms with Crippen molar-refractivity contribution in [1.29, 1.82) is 0 Å². The van der Waals surface area contributed by atoms with E-state index >= 15 is 0 Å². The topological polar surface area (TPSA) is 93.4 Å². The lowest BCUT2D eigenvalue weighted by Crippen LogP contribution is -2.32. The number of hydrogen-bond donors (Lipinski definition) is 1. The second-order valence-corrected chi connectivity index (χ2v) is 7.12. The van der Waals surface area contributed by atoms with E-state index in [1.165, 1.54) is 6.07 Å². The molecule has 2 rings (SSSR count). The van der Waals surface area contributed by atoms with Crippen LogP contribution in [0.2, 0.25) is 0 Å². The fourth-order valence-electron chi connectivity index (χ4n) is 1.90. The van der Waals surface area contributed by atoms with Gasteiger partial charge < -0.3 is 0 Å². The van der Waals surface area contributed by atoms with Crippen molar-refractivity contribution in [2.75, 3.05) is 11.4 Å². The fourth-order valence-corrected chi connectivity index (χ4v) is 3.07. The Morgan fingerprint density at radius 1 is 1.38 bits per heavy atom. The first kappa shape index (κ1) is 16.2. The zero-order valence-corrected chi connectivity index (χ0v) is 12.7. The molecule has 2 N–H and O–H groups in total. The number of pyridine rings is 1. The van der Waals surface area contributed by atoms with Crippen LogP contribution in [0.3, 0.4) is 0 Å².